The van der Waals surface area contributed by atoms with Crippen LogP contribution < -0.4 is 0 Å². The summed E-state index contributed by atoms with van der Waals surface area (Å²) >= 11 is 0. The Hall–Kier alpha value is -1.38. The van der Waals surface area contributed by atoms with Gasteiger partial charge in [-0.2, -0.15) is 0 Å². The average molecular weight is 179 g/mol. The monoisotopic (exact) mass is 179 g/mol. The number of phenolic OH excluding ortho intramolecular Hbond substituents is 1. The first-order valence-electron chi connectivity index (χ1n) is 4.12. The summed E-state index contributed by atoms with van der Waals surface area (Å²) in [5, 5.41) is 12.3. The molecule has 0 saturated heterocycles. The van der Waals surface area contributed by atoms with E-state index in [0.717, 1.165) is 5.56 Å². The van der Waals surface area contributed by atoms with Gasteiger partial charge < -0.3 is 5.11 Å². The van der Waals surface area contributed by atoms with Crippen molar-refractivity contribution < 1.29 is 5.11 Å². The van der Waals surface area contributed by atoms with E-state index in [4.69, 9.17) is 0 Å². The second-order valence-electron chi connectivity index (χ2n) is 4.04. The molecule has 0 aliphatic rings. The van der Waals surface area contributed by atoms with E-state index < -0.39 is 0 Å². The highest BCUT2D eigenvalue weighted by Crippen LogP contribution is 2.33. The van der Waals surface area contributed by atoms with E-state index >= 15 is 0 Å². The summed E-state index contributed by atoms with van der Waals surface area (Å²) in [4.78, 5) is 10.3. The van der Waals surface area contributed by atoms with Crippen LogP contribution in [-0.2, 0) is 5.41 Å². The minimum absolute atomic E-state index is 0.176. The van der Waals surface area contributed by atoms with Gasteiger partial charge in [-0.15, -0.1) is 4.91 Å². The van der Waals surface area contributed by atoms with E-state index in [1.54, 1.807) is 6.07 Å². The Labute approximate surface area is 77.4 Å². The highest BCUT2D eigenvalue weighted by atomic mass is 16.3. The van der Waals surface area contributed by atoms with Gasteiger partial charge >= 0.3 is 0 Å². The number of hydrogen-bond acceptors (Lipinski definition) is 3. The van der Waals surface area contributed by atoms with Crippen LogP contribution in [0.3, 0.4) is 0 Å². The summed E-state index contributed by atoms with van der Waals surface area (Å²) in [6.45, 7) is 5.91. The van der Waals surface area contributed by atoms with Crippen LogP contribution in [0.2, 0.25) is 0 Å². The molecule has 0 fully saturated rings. The van der Waals surface area contributed by atoms with Gasteiger partial charge in [0.1, 0.15) is 11.4 Å². The second-order valence-corrected chi connectivity index (χ2v) is 4.04. The summed E-state index contributed by atoms with van der Waals surface area (Å²) in [5.74, 6) is 0.208. The zero-order valence-electron chi connectivity index (χ0n) is 8.03. The lowest BCUT2D eigenvalue weighted by Gasteiger charge is -2.20. The topological polar surface area (TPSA) is 49.7 Å². The molecule has 3 nitrogen and oxygen atoms in total. The molecule has 0 radical (unpaired) electrons. The highest BCUT2D eigenvalue weighted by molar-refractivity contribution is 5.49. The van der Waals surface area contributed by atoms with Gasteiger partial charge in [-0.25, -0.2) is 0 Å². The van der Waals surface area contributed by atoms with Crippen LogP contribution >= 0.6 is 0 Å². The summed E-state index contributed by atoms with van der Waals surface area (Å²) < 4.78 is 0. The van der Waals surface area contributed by atoms with Gasteiger partial charge in [0, 0.05) is 5.56 Å². The average Bonchev–Trinajstić information content (AvgIpc) is 2.03. The zero-order valence-corrected chi connectivity index (χ0v) is 8.03. The van der Waals surface area contributed by atoms with Crippen molar-refractivity contribution in [3.05, 3.63) is 28.7 Å². The molecule has 0 atom stereocenters. The van der Waals surface area contributed by atoms with E-state index in [1.807, 2.05) is 20.8 Å². The standard InChI is InChI=1S/C10H13NO2/c1-10(2,3)8-6-7(11-13)4-5-9(8)12/h4-6,12H,1-3H3. The van der Waals surface area contributed by atoms with Crippen molar-refractivity contribution in [2.45, 2.75) is 26.2 Å². The van der Waals surface area contributed by atoms with Crippen molar-refractivity contribution >= 4 is 5.69 Å². The van der Waals surface area contributed by atoms with Gasteiger partial charge in [0.05, 0.1) is 0 Å². The lowest BCUT2D eigenvalue weighted by atomic mass is 9.86. The van der Waals surface area contributed by atoms with Crippen molar-refractivity contribution in [2.75, 3.05) is 0 Å². The molecule has 1 aromatic rings. The quantitative estimate of drug-likeness (QED) is 0.673. The third kappa shape index (κ3) is 2.05. The van der Waals surface area contributed by atoms with Gasteiger partial charge in [0.25, 0.3) is 0 Å². The lowest BCUT2D eigenvalue weighted by Crippen LogP contribution is -2.10. The number of nitroso groups, excluding NO2 is 1. The zero-order chi connectivity index (χ0) is 10.1. The Balaban J connectivity index is 3.27. The maximum Gasteiger partial charge on any atom is 0.119 e. The first-order valence-corrected chi connectivity index (χ1v) is 4.12. The van der Waals surface area contributed by atoms with Crippen molar-refractivity contribution in [2.24, 2.45) is 5.18 Å². The van der Waals surface area contributed by atoms with E-state index in [0.29, 0.717) is 5.69 Å². The van der Waals surface area contributed by atoms with Gasteiger partial charge in [-0.3, -0.25) is 0 Å². The Morgan fingerprint density at radius 1 is 1.31 bits per heavy atom. The first-order chi connectivity index (χ1) is 5.95. The Kier molecular flexibility index (Phi) is 2.36. The van der Waals surface area contributed by atoms with E-state index in [9.17, 15) is 10.0 Å². The molecule has 70 valence electrons. The van der Waals surface area contributed by atoms with Gasteiger partial charge in [-0.1, -0.05) is 20.8 Å². The molecule has 13 heavy (non-hydrogen) atoms. The Bertz CT molecular complexity index is 326. The molecule has 0 heterocycles. The van der Waals surface area contributed by atoms with Crippen molar-refractivity contribution in [1.29, 1.82) is 0 Å². The van der Waals surface area contributed by atoms with Crippen molar-refractivity contribution in [1.82, 2.24) is 0 Å². The minimum atomic E-state index is -0.176. The third-order valence-corrected chi connectivity index (χ3v) is 1.89. The number of nitrogens with zero attached hydrogens (tertiary/aromatic N) is 1. The maximum atomic E-state index is 10.3. The first kappa shape index (κ1) is 9.71. The maximum absolute atomic E-state index is 10.3. The van der Waals surface area contributed by atoms with E-state index in [2.05, 4.69) is 5.18 Å². The largest absolute Gasteiger partial charge is 0.508 e. The highest BCUT2D eigenvalue weighted by Gasteiger charge is 2.18. The summed E-state index contributed by atoms with van der Waals surface area (Å²) in [7, 11) is 0. The van der Waals surface area contributed by atoms with Crippen LogP contribution in [-0.4, -0.2) is 5.11 Å². The normalized spacial score (nSPS) is 11.3. The summed E-state index contributed by atoms with van der Waals surface area (Å²) in [6, 6.07) is 4.61. The molecule has 0 bridgehead atoms. The molecule has 0 aliphatic heterocycles. The predicted octanol–water partition coefficient (Wildman–Crippen LogP) is 3.09. The van der Waals surface area contributed by atoms with Crippen LogP contribution in [0.15, 0.2) is 23.4 Å². The number of aromatic hydroxyl groups is 1. The molecule has 0 aliphatic carbocycles. The molecule has 0 aromatic heterocycles. The van der Waals surface area contributed by atoms with Crippen LogP contribution in [0.1, 0.15) is 26.3 Å². The molecular formula is C10H13NO2. The van der Waals surface area contributed by atoms with E-state index in [1.165, 1.54) is 12.1 Å². The second kappa shape index (κ2) is 3.17. The molecular weight excluding hydrogens is 166 g/mol. The number of rotatable bonds is 1. The number of hydrogen-bond donors (Lipinski definition) is 1. The van der Waals surface area contributed by atoms with Gasteiger partial charge in [0.15, 0.2) is 0 Å². The molecule has 0 unspecified atom stereocenters. The molecule has 3 heteroatoms. The van der Waals surface area contributed by atoms with Crippen molar-refractivity contribution in [3.63, 3.8) is 0 Å². The molecule has 1 N–H and O–H groups in total. The Morgan fingerprint density at radius 2 is 1.92 bits per heavy atom. The number of benzene rings is 1. The van der Waals surface area contributed by atoms with Crippen molar-refractivity contribution in [3.8, 4) is 5.75 Å². The smallest absolute Gasteiger partial charge is 0.119 e. The lowest BCUT2D eigenvalue weighted by molar-refractivity contribution is 0.447. The van der Waals surface area contributed by atoms with E-state index in [-0.39, 0.29) is 11.2 Å². The minimum Gasteiger partial charge on any atom is -0.508 e. The summed E-state index contributed by atoms with van der Waals surface area (Å²) in [5.41, 5.74) is 0.914. The Morgan fingerprint density at radius 3 is 2.38 bits per heavy atom. The number of phenols is 1. The fourth-order valence-corrected chi connectivity index (χ4v) is 1.18. The molecule has 1 aromatic carbocycles. The predicted molar refractivity (Wildman–Crippen MR) is 52.3 cm³/mol. The van der Waals surface area contributed by atoms with Crippen LogP contribution in [0.5, 0.6) is 5.75 Å². The third-order valence-electron chi connectivity index (χ3n) is 1.89. The van der Waals surface area contributed by atoms with Gasteiger partial charge in [-0.05, 0) is 28.8 Å². The molecule has 0 spiro atoms. The van der Waals surface area contributed by atoms with Crippen LogP contribution in [0.4, 0.5) is 5.69 Å². The molecule has 1 rings (SSSR count). The van der Waals surface area contributed by atoms with Crippen LogP contribution in [0, 0.1) is 4.91 Å². The van der Waals surface area contributed by atoms with Crippen LogP contribution in [0.25, 0.3) is 0 Å². The summed E-state index contributed by atoms with van der Waals surface area (Å²) in [6.07, 6.45) is 0. The van der Waals surface area contributed by atoms with Gasteiger partial charge in [0.2, 0.25) is 0 Å². The molecule has 0 saturated carbocycles. The SMILES string of the molecule is CC(C)(C)c1cc(N=O)ccc1O. The fraction of sp³-hybridized carbons (Fsp3) is 0.400. The fourth-order valence-electron chi connectivity index (χ4n) is 1.18. The molecule has 0 amide bonds.